The molecule has 3 aliphatic rings. The summed E-state index contributed by atoms with van der Waals surface area (Å²) in [6, 6.07) is 13.6. The van der Waals surface area contributed by atoms with Crippen molar-refractivity contribution < 1.29 is 14.4 Å². The van der Waals surface area contributed by atoms with Crippen molar-refractivity contribution in [3.8, 4) is 0 Å². The number of fused-ring (bicyclic) bond motifs is 2. The third-order valence-corrected chi connectivity index (χ3v) is 6.73. The Balaban J connectivity index is 1.33. The van der Waals surface area contributed by atoms with E-state index < -0.39 is 11.6 Å². The Morgan fingerprint density at radius 1 is 1.00 bits per heavy atom. The number of imide groups is 1. The van der Waals surface area contributed by atoms with E-state index in [0.717, 1.165) is 41.7 Å². The van der Waals surface area contributed by atoms with E-state index in [1.165, 1.54) is 16.7 Å². The van der Waals surface area contributed by atoms with Crippen LogP contribution >= 0.6 is 0 Å². The van der Waals surface area contributed by atoms with Crippen molar-refractivity contribution in [3.05, 3.63) is 70.3 Å². The van der Waals surface area contributed by atoms with Crippen LogP contribution in [0.15, 0.2) is 42.5 Å². The molecule has 1 saturated heterocycles. The van der Waals surface area contributed by atoms with E-state index in [2.05, 4.69) is 17.4 Å². The van der Waals surface area contributed by atoms with Gasteiger partial charge in [-0.15, -0.1) is 0 Å². The standard InChI is InChI=1S/C24H25N3O3/c1-24(20-10-9-16-7-4-8-18(16)13-20)22(29)27(23(30)25-24)15-21(28)26-12-11-17-5-2-3-6-19(17)14-26/h2-3,5-6,9-10,13H,4,7-8,11-12,14-15H2,1H3,(H,25,30)/t24-/m1/s1. The quantitative estimate of drug-likeness (QED) is 0.801. The van der Waals surface area contributed by atoms with Gasteiger partial charge >= 0.3 is 6.03 Å². The number of urea groups is 1. The third-order valence-electron chi connectivity index (χ3n) is 6.73. The number of amides is 4. The molecule has 1 aliphatic carbocycles. The molecule has 6 heteroatoms. The van der Waals surface area contributed by atoms with Crippen molar-refractivity contribution in [2.75, 3.05) is 13.1 Å². The van der Waals surface area contributed by atoms with Crippen LogP contribution in [-0.4, -0.2) is 40.7 Å². The average Bonchev–Trinajstić information content (AvgIpc) is 3.31. The summed E-state index contributed by atoms with van der Waals surface area (Å²) < 4.78 is 0. The molecule has 2 aromatic carbocycles. The highest BCUT2D eigenvalue weighted by Crippen LogP contribution is 2.32. The van der Waals surface area contributed by atoms with E-state index in [0.29, 0.717) is 13.1 Å². The first-order valence-electron chi connectivity index (χ1n) is 10.6. The molecule has 5 rings (SSSR count). The number of nitrogens with one attached hydrogen (secondary N) is 1. The predicted octanol–water partition coefficient (Wildman–Crippen LogP) is 2.53. The number of benzene rings is 2. The highest BCUT2D eigenvalue weighted by molar-refractivity contribution is 6.09. The molecule has 6 nitrogen and oxygen atoms in total. The average molecular weight is 403 g/mol. The van der Waals surface area contributed by atoms with E-state index in [4.69, 9.17) is 0 Å². The predicted molar refractivity (Wildman–Crippen MR) is 112 cm³/mol. The molecule has 0 aromatic heterocycles. The van der Waals surface area contributed by atoms with Crippen LogP contribution in [0.2, 0.25) is 0 Å². The molecule has 0 radical (unpaired) electrons. The fraction of sp³-hybridized carbons (Fsp3) is 0.375. The molecular formula is C24H25N3O3. The molecular weight excluding hydrogens is 378 g/mol. The summed E-state index contributed by atoms with van der Waals surface area (Å²) in [5.41, 5.74) is 4.58. The van der Waals surface area contributed by atoms with Crippen LogP contribution in [0.5, 0.6) is 0 Å². The van der Waals surface area contributed by atoms with Crippen molar-refractivity contribution in [1.29, 1.82) is 0 Å². The van der Waals surface area contributed by atoms with Crippen LogP contribution < -0.4 is 5.32 Å². The van der Waals surface area contributed by atoms with Crippen LogP contribution in [0, 0.1) is 0 Å². The molecule has 0 saturated carbocycles. The molecule has 0 bridgehead atoms. The van der Waals surface area contributed by atoms with Crippen LogP contribution in [0.3, 0.4) is 0 Å². The van der Waals surface area contributed by atoms with Gasteiger partial charge in [-0.2, -0.15) is 0 Å². The molecule has 2 aliphatic heterocycles. The second-order valence-electron chi connectivity index (χ2n) is 8.62. The lowest BCUT2D eigenvalue weighted by Gasteiger charge is -2.30. The topological polar surface area (TPSA) is 69.7 Å². The van der Waals surface area contributed by atoms with Crippen LogP contribution in [-0.2, 0) is 40.9 Å². The summed E-state index contributed by atoms with van der Waals surface area (Å²) in [7, 11) is 0. The summed E-state index contributed by atoms with van der Waals surface area (Å²) in [5.74, 6) is -0.567. The lowest BCUT2D eigenvalue weighted by Crippen LogP contribution is -2.45. The molecule has 1 atom stereocenters. The number of nitrogens with zero attached hydrogens (tertiary/aromatic N) is 2. The molecule has 30 heavy (non-hydrogen) atoms. The summed E-state index contributed by atoms with van der Waals surface area (Å²) in [4.78, 5) is 41.6. The maximum absolute atomic E-state index is 13.2. The van der Waals surface area contributed by atoms with E-state index in [1.54, 1.807) is 11.8 Å². The maximum Gasteiger partial charge on any atom is 0.325 e. The Labute approximate surface area is 175 Å². The van der Waals surface area contributed by atoms with Gasteiger partial charge in [0.05, 0.1) is 0 Å². The highest BCUT2D eigenvalue weighted by atomic mass is 16.2. The third kappa shape index (κ3) is 2.98. The molecule has 2 heterocycles. The number of hydrogen-bond acceptors (Lipinski definition) is 3. The van der Waals surface area contributed by atoms with Crippen molar-refractivity contribution in [2.24, 2.45) is 0 Å². The van der Waals surface area contributed by atoms with Gasteiger partial charge in [0.1, 0.15) is 12.1 Å². The maximum atomic E-state index is 13.2. The summed E-state index contributed by atoms with van der Waals surface area (Å²) in [6.45, 7) is 2.61. The molecule has 1 N–H and O–H groups in total. The van der Waals surface area contributed by atoms with Crippen molar-refractivity contribution in [2.45, 2.75) is 44.7 Å². The molecule has 2 aromatic rings. The summed E-state index contributed by atoms with van der Waals surface area (Å²) in [6.07, 6.45) is 3.97. The van der Waals surface area contributed by atoms with E-state index in [-0.39, 0.29) is 18.4 Å². The van der Waals surface area contributed by atoms with Crippen LogP contribution in [0.4, 0.5) is 4.79 Å². The Kier molecular flexibility index (Phi) is 4.38. The second-order valence-corrected chi connectivity index (χ2v) is 8.62. The van der Waals surface area contributed by atoms with Crippen molar-refractivity contribution in [3.63, 3.8) is 0 Å². The minimum absolute atomic E-state index is 0.203. The van der Waals surface area contributed by atoms with Gasteiger partial charge in [0.2, 0.25) is 5.91 Å². The van der Waals surface area contributed by atoms with E-state index >= 15 is 0 Å². The first-order chi connectivity index (χ1) is 14.5. The zero-order valence-electron chi connectivity index (χ0n) is 17.1. The smallest absolute Gasteiger partial charge is 0.325 e. The molecule has 0 spiro atoms. The summed E-state index contributed by atoms with van der Waals surface area (Å²) >= 11 is 0. The van der Waals surface area contributed by atoms with Crippen LogP contribution in [0.1, 0.15) is 41.2 Å². The molecule has 4 amide bonds. The first kappa shape index (κ1) is 18.9. The zero-order valence-corrected chi connectivity index (χ0v) is 17.1. The van der Waals surface area contributed by atoms with Gasteiger partial charge in [-0.1, -0.05) is 42.5 Å². The minimum Gasteiger partial charge on any atom is -0.336 e. The Hall–Kier alpha value is -3.15. The zero-order chi connectivity index (χ0) is 20.9. The minimum atomic E-state index is -1.14. The number of hydrogen-bond donors (Lipinski definition) is 1. The fourth-order valence-corrected chi connectivity index (χ4v) is 4.86. The SMILES string of the molecule is C[C@]1(c2ccc3c(c2)CCC3)NC(=O)N(CC(=O)N2CCc3ccccc3C2)C1=O. The van der Waals surface area contributed by atoms with Gasteiger partial charge in [-0.05, 0) is 60.4 Å². The van der Waals surface area contributed by atoms with Gasteiger partial charge < -0.3 is 10.2 Å². The molecule has 154 valence electrons. The monoisotopic (exact) mass is 403 g/mol. The summed E-state index contributed by atoms with van der Waals surface area (Å²) in [5, 5.41) is 2.83. The van der Waals surface area contributed by atoms with E-state index in [1.807, 2.05) is 30.3 Å². The fourth-order valence-electron chi connectivity index (χ4n) is 4.86. The number of carbonyl (C=O) groups excluding carboxylic acids is 3. The lowest BCUT2D eigenvalue weighted by atomic mass is 9.89. The van der Waals surface area contributed by atoms with Gasteiger partial charge in [-0.25, -0.2) is 4.79 Å². The highest BCUT2D eigenvalue weighted by Gasteiger charge is 2.50. The Bertz CT molecular complexity index is 1060. The first-order valence-corrected chi connectivity index (χ1v) is 10.6. The Morgan fingerprint density at radius 3 is 2.57 bits per heavy atom. The number of rotatable bonds is 3. The van der Waals surface area contributed by atoms with Gasteiger partial charge in [-0.3, -0.25) is 14.5 Å². The van der Waals surface area contributed by atoms with Gasteiger partial charge in [0.15, 0.2) is 0 Å². The normalized spacial score (nSPS) is 22.7. The van der Waals surface area contributed by atoms with Crippen molar-refractivity contribution >= 4 is 17.8 Å². The molecule has 1 fully saturated rings. The molecule has 0 unspecified atom stereocenters. The Morgan fingerprint density at radius 2 is 1.73 bits per heavy atom. The van der Waals surface area contributed by atoms with Gasteiger partial charge in [0.25, 0.3) is 5.91 Å². The van der Waals surface area contributed by atoms with Crippen molar-refractivity contribution in [1.82, 2.24) is 15.1 Å². The number of aryl methyl sites for hydroxylation is 2. The largest absolute Gasteiger partial charge is 0.336 e. The second kappa shape index (κ2) is 6.97. The van der Waals surface area contributed by atoms with Crippen LogP contribution in [0.25, 0.3) is 0 Å². The van der Waals surface area contributed by atoms with Gasteiger partial charge in [0, 0.05) is 13.1 Å². The lowest BCUT2D eigenvalue weighted by molar-refractivity contribution is -0.139. The number of carbonyl (C=O) groups is 3. The van der Waals surface area contributed by atoms with E-state index in [9.17, 15) is 14.4 Å².